The summed E-state index contributed by atoms with van der Waals surface area (Å²) in [6.45, 7) is 3.26. The molecule has 16 heavy (non-hydrogen) atoms. The number of nitrogens with one attached hydrogen (secondary N) is 1. The van der Waals surface area contributed by atoms with Gasteiger partial charge in [0.25, 0.3) is 0 Å². The summed E-state index contributed by atoms with van der Waals surface area (Å²) in [5.41, 5.74) is 1.51. The van der Waals surface area contributed by atoms with Gasteiger partial charge in [-0.3, -0.25) is 0 Å². The lowest BCUT2D eigenvalue weighted by atomic mass is 9.94. The first-order valence-electron chi connectivity index (χ1n) is 5.83. The van der Waals surface area contributed by atoms with Crippen LogP contribution >= 0.6 is 33.9 Å². The van der Waals surface area contributed by atoms with Crippen LogP contribution in [0.2, 0.25) is 0 Å². The van der Waals surface area contributed by atoms with Gasteiger partial charge in [-0.15, -0.1) is 11.3 Å². The predicted octanol–water partition coefficient (Wildman–Crippen LogP) is 2.95. The lowest BCUT2D eigenvalue weighted by molar-refractivity contribution is 0.228. The van der Waals surface area contributed by atoms with Crippen molar-refractivity contribution in [3.63, 3.8) is 0 Å². The molecule has 90 valence electrons. The molecule has 1 aliphatic carbocycles. The molecule has 0 saturated heterocycles. The van der Waals surface area contributed by atoms with Gasteiger partial charge in [-0.2, -0.15) is 0 Å². The molecule has 1 heterocycles. The molecule has 2 unspecified atom stereocenters. The zero-order chi connectivity index (χ0) is 11.5. The van der Waals surface area contributed by atoms with E-state index in [1.54, 1.807) is 4.88 Å². The number of hydrogen-bond donors (Lipinski definition) is 2. The van der Waals surface area contributed by atoms with Crippen molar-refractivity contribution in [1.29, 1.82) is 0 Å². The number of aliphatic hydroxyl groups is 1. The van der Waals surface area contributed by atoms with Crippen molar-refractivity contribution in [2.75, 3.05) is 13.2 Å². The fraction of sp³-hybridized carbons (Fsp3) is 0.667. The molecule has 4 heteroatoms. The van der Waals surface area contributed by atoms with Gasteiger partial charge in [0.05, 0.1) is 2.88 Å². The van der Waals surface area contributed by atoms with Crippen molar-refractivity contribution < 1.29 is 5.11 Å². The number of aliphatic hydroxyl groups excluding tert-OH is 1. The Kier molecular flexibility index (Phi) is 4.64. The first kappa shape index (κ1) is 12.8. The minimum atomic E-state index is 0.272. The van der Waals surface area contributed by atoms with E-state index < -0.39 is 0 Å². The standard InChI is InChI=1S/C12H18INOS/c1-8(7-15)6-14-10-3-2-4-11-9(10)5-12(13)16-11/h5,8,10,14-15H,2-4,6-7H2,1H3. The van der Waals surface area contributed by atoms with Gasteiger partial charge in [0.15, 0.2) is 0 Å². The van der Waals surface area contributed by atoms with E-state index in [4.69, 9.17) is 5.11 Å². The largest absolute Gasteiger partial charge is 0.396 e. The maximum absolute atomic E-state index is 9.02. The second-order valence-corrected chi connectivity index (χ2v) is 7.60. The third kappa shape index (κ3) is 2.97. The van der Waals surface area contributed by atoms with E-state index in [2.05, 4.69) is 40.9 Å². The summed E-state index contributed by atoms with van der Waals surface area (Å²) in [4.78, 5) is 1.56. The van der Waals surface area contributed by atoms with Crippen molar-refractivity contribution in [2.24, 2.45) is 5.92 Å². The molecule has 2 rings (SSSR count). The lowest BCUT2D eigenvalue weighted by Gasteiger charge is -2.24. The van der Waals surface area contributed by atoms with Gasteiger partial charge in [0.1, 0.15) is 0 Å². The molecule has 2 atom stereocenters. The summed E-state index contributed by atoms with van der Waals surface area (Å²) in [7, 11) is 0. The maximum atomic E-state index is 9.02. The van der Waals surface area contributed by atoms with Crippen LogP contribution in [0.3, 0.4) is 0 Å². The molecule has 0 amide bonds. The van der Waals surface area contributed by atoms with Gasteiger partial charge < -0.3 is 10.4 Å². The summed E-state index contributed by atoms with van der Waals surface area (Å²) in [5.74, 6) is 0.350. The van der Waals surface area contributed by atoms with Crippen molar-refractivity contribution in [3.8, 4) is 0 Å². The third-order valence-electron chi connectivity index (χ3n) is 3.11. The van der Waals surface area contributed by atoms with Crippen LogP contribution in [0.25, 0.3) is 0 Å². The number of thiophene rings is 1. The molecule has 0 aliphatic heterocycles. The fourth-order valence-electron chi connectivity index (χ4n) is 2.14. The highest BCUT2D eigenvalue weighted by Crippen LogP contribution is 2.36. The zero-order valence-electron chi connectivity index (χ0n) is 9.50. The smallest absolute Gasteiger partial charge is 0.0659 e. The molecule has 1 aromatic heterocycles. The second-order valence-electron chi connectivity index (χ2n) is 4.57. The highest BCUT2D eigenvalue weighted by molar-refractivity contribution is 14.1. The molecule has 2 nitrogen and oxygen atoms in total. The zero-order valence-corrected chi connectivity index (χ0v) is 12.5. The Labute approximate surface area is 115 Å². The Balaban J connectivity index is 2.01. The quantitative estimate of drug-likeness (QED) is 0.818. The van der Waals surface area contributed by atoms with Gasteiger partial charge >= 0.3 is 0 Å². The summed E-state index contributed by atoms with van der Waals surface area (Å²) in [6, 6.07) is 2.83. The number of rotatable bonds is 4. The van der Waals surface area contributed by atoms with Crippen LogP contribution in [0.15, 0.2) is 6.07 Å². The number of aryl methyl sites for hydroxylation is 1. The van der Waals surface area contributed by atoms with Crippen molar-refractivity contribution >= 4 is 33.9 Å². The van der Waals surface area contributed by atoms with Crippen LogP contribution in [-0.2, 0) is 6.42 Å². The topological polar surface area (TPSA) is 32.3 Å². The number of fused-ring (bicyclic) bond motifs is 1. The van der Waals surface area contributed by atoms with E-state index in [9.17, 15) is 0 Å². The maximum Gasteiger partial charge on any atom is 0.0659 e. The summed E-state index contributed by atoms with van der Waals surface area (Å²) < 4.78 is 1.39. The minimum Gasteiger partial charge on any atom is -0.396 e. The lowest BCUT2D eigenvalue weighted by Crippen LogP contribution is -2.29. The van der Waals surface area contributed by atoms with Crippen LogP contribution in [0.4, 0.5) is 0 Å². The Morgan fingerprint density at radius 3 is 3.25 bits per heavy atom. The minimum absolute atomic E-state index is 0.272. The van der Waals surface area contributed by atoms with Crippen LogP contribution < -0.4 is 5.32 Å². The molecule has 0 radical (unpaired) electrons. The van der Waals surface area contributed by atoms with Gasteiger partial charge in [-0.05, 0) is 59.4 Å². The van der Waals surface area contributed by atoms with Gasteiger partial charge in [-0.25, -0.2) is 0 Å². The van der Waals surface area contributed by atoms with Crippen LogP contribution in [0.1, 0.15) is 36.2 Å². The van der Waals surface area contributed by atoms with Gasteiger partial charge in [0.2, 0.25) is 0 Å². The van der Waals surface area contributed by atoms with Crippen LogP contribution in [0, 0.1) is 8.80 Å². The van der Waals surface area contributed by atoms with Crippen LogP contribution in [-0.4, -0.2) is 18.3 Å². The van der Waals surface area contributed by atoms with E-state index in [1.807, 2.05) is 11.3 Å². The molecular formula is C12H18INOS. The SMILES string of the molecule is CC(CO)CNC1CCCc2sc(I)cc21. The average molecular weight is 351 g/mol. The Bertz CT molecular complexity index is 353. The first-order chi connectivity index (χ1) is 7.70. The van der Waals surface area contributed by atoms with Crippen molar-refractivity contribution in [3.05, 3.63) is 19.4 Å². The summed E-state index contributed by atoms with van der Waals surface area (Å²) in [6.07, 6.45) is 3.77. The van der Waals surface area contributed by atoms with E-state index >= 15 is 0 Å². The highest BCUT2D eigenvalue weighted by atomic mass is 127. The van der Waals surface area contributed by atoms with Crippen molar-refractivity contribution in [2.45, 2.75) is 32.2 Å². The summed E-state index contributed by atoms with van der Waals surface area (Å²) >= 11 is 4.34. The Hall–Kier alpha value is 0.350. The number of hydrogen-bond acceptors (Lipinski definition) is 3. The predicted molar refractivity (Wildman–Crippen MR) is 77.0 cm³/mol. The van der Waals surface area contributed by atoms with Crippen molar-refractivity contribution in [1.82, 2.24) is 5.32 Å². The second kappa shape index (κ2) is 5.80. The Morgan fingerprint density at radius 1 is 1.69 bits per heavy atom. The molecule has 0 aromatic carbocycles. The molecule has 1 aliphatic rings. The third-order valence-corrected chi connectivity index (χ3v) is 5.08. The first-order valence-corrected chi connectivity index (χ1v) is 7.72. The van der Waals surface area contributed by atoms with E-state index in [1.165, 1.54) is 27.7 Å². The Morgan fingerprint density at radius 2 is 2.50 bits per heavy atom. The van der Waals surface area contributed by atoms with E-state index in [0.717, 1.165) is 6.54 Å². The molecule has 1 aromatic rings. The van der Waals surface area contributed by atoms with E-state index in [-0.39, 0.29) is 6.61 Å². The molecule has 0 fully saturated rings. The fourth-order valence-corrected chi connectivity index (χ4v) is 4.26. The molecule has 0 spiro atoms. The highest BCUT2D eigenvalue weighted by Gasteiger charge is 2.22. The molecule has 0 bridgehead atoms. The average Bonchev–Trinajstić information content (AvgIpc) is 2.66. The normalized spacial score (nSPS) is 21.8. The number of halogens is 1. The summed E-state index contributed by atoms with van der Waals surface area (Å²) in [5, 5.41) is 12.6. The van der Waals surface area contributed by atoms with E-state index in [0.29, 0.717) is 12.0 Å². The molecule has 2 N–H and O–H groups in total. The van der Waals surface area contributed by atoms with Gasteiger partial charge in [0, 0.05) is 24.1 Å². The molecule has 0 saturated carbocycles. The monoisotopic (exact) mass is 351 g/mol. The van der Waals surface area contributed by atoms with Crippen LogP contribution in [0.5, 0.6) is 0 Å². The van der Waals surface area contributed by atoms with Gasteiger partial charge in [-0.1, -0.05) is 6.92 Å². The molecular weight excluding hydrogens is 333 g/mol.